The summed E-state index contributed by atoms with van der Waals surface area (Å²) in [6.45, 7) is 0.417. The molecular formula is C20H21FN4O3S. The van der Waals surface area contributed by atoms with Crippen LogP contribution in [-0.2, 0) is 16.4 Å². The first-order valence-electron chi connectivity index (χ1n) is 8.91. The Morgan fingerprint density at radius 2 is 1.83 bits per heavy atom. The predicted molar refractivity (Wildman–Crippen MR) is 109 cm³/mol. The van der Waals surface area contributed by atoms with Crippen LogP contribution in [0.5, 0.6) is 0 Å². The van der Waals surface area contributed by atoms with E-state index in [0.29, 0.717) is 24.1 Å². The number of benzene rings is 2. The molecule has 0 unspecified atom stereocenters. The molecule has 3 aromatic rings. The molecule has 0 saturated carbocycles. The fourth-order valence-electron chi connectivity index (χ4n) is 2.61. The molecule has 0 radical (unpaired) electrons. The zero-order chi connectivity index (χ0) is 20.7. The van der Waals surface area contributed by atoms with E-state index in [4.69, 9.17) is 4.42 Å². The standard InChI is InChI=1S/C20H21FN4O3S/c1-22-20(23-11-12-29(26,27)18-10-6-5-9-17(18)21)24-13-16-14-28-19(25-16)15-7-3-2-4-8-15/h2-10,14H,11-13H2,1H3,(H2,22,23,24). The predicted octanol–water partition coefficient (Wildman–Crippen LogP) is 2.62. The minimum Gasteiger partial charge on any atom is -0.444 e. The van der Waals surface area contributed by atoms with E-state index in [1.807, 2.05) is 30.3 Å². The first kappa shape index (κ1) is 20.5. The van der Waals surface area contributed by atoms with Crippen molar-refractivity contribution in [1.82, 2.24) is 15.6 Å². The van der Waals surface area contributed by atoms with Gasteiger partial charge in [0.15, 0.2) is 15.8 Å². The maximum absolute atomic E-state index is 13.7. The third-order valence-electron chi connectivity index (χ3n) is 4.07. The van der Waals surface area contributed by atoms with Crippen LogP contribution in [0.4, 0.5) is 4.39 Å². The summed E-state index contributed by atoms with van der Waals surface area (Å²) in [5.74, 6) is -0.105. The number of oxazole rings is 1. The van der Waals surface area contributed by atoms with Crippen LogP contribution in [-0.4, -0.2) is 38.7 Å². The minimum absolute atomic E-state index is 0.0738. The lowest BCUT2D eigenvalue weighted by Crippen LogP contribution is -2.39. The fraction of sp³-hybridized carbons (Fsp3) is 0.200. The highest BCUT2D eigenvalue weighted by Gasteiger charge is 2.18. The van der Waals surface area contributed by atoms with Crippen LogP contribution in [0.15, 0.2) is 75.2 Å². The van der Waals surface area contributed by atoms with E-state index in [-0.39, 0.29) is 17.2 Å². The van der Waals surface area contributed by atoms with Crippen molar-refractivity contribution in [3.8, 4) is 11.5 Å². The van der Waals surface area contributed by atoms with E-state index in [9.17, 15) is 12.8 Å². The summed E-state index contributed by atoms with van der Waals surface area (Å²) in [6, 6.07) is 14.8. The van der Waals surface area contributed by atoms with Crippen LogP contribution >= 0.6 is 0 Å². The van der Waals surface area contributed by atoms with E-state index in [1.54, 1.807) is 13.3 Å². The number of aromatic nitrogens is 1. The Hall–Kier alpha value is -3.20. The van der Waals surface area contributed by atoms with Gasteiger partial charge in [-0.3, -0.25) is 4.99 Å². The van der Waals surface area contributed by atoms with Crippen molar-refractivity contribution in [3.05, 3.63) is 72.4 Å². The maximum Gasteiger partial charge on any atom is 0.226 e. The highest BCUT2D eigenvalue weighted by molar-refractivity contribution is 7.91. The SMILES string of the molecule is CN=C(NCCS(=O)(=O)c1ccccc1F)NCc1coc(-c2ccccc2)n1. The van der Waals surface area contributed by atoms with Crippen LogP contribution in [0.25, 0.3) is 11.5 Å². The third-order valence-corrected chi connectivity index (χ3v) is 5.81. The first-order chi connectivity index (χ1) is 14.0. The maximum atomic E-state index is 13.7. The number of sulfone groups is 1. The van der Waals surface area contributed by atoms with Crippen LogP contribution in [0, 0.1) is 5.82 Å². The van der Waals surface area contributed by atoms with Gasteiger partial charge < -0.3 is 15.1 Å². The number of rotatable bonds is 7. The summed E-state index contributed by atoms with van der Waals surface area (Å²) in [5.41, 5.74) is 1.55. The zero-order valence-corrected chi connectivity index (χ0v) is 16.6. The van der Waals surface area contributed by atoms with Crippen molar-refractivity contribution in [2.24, 2.45) is 4.99 Å². The zero-order valence-electron chi connectivity index (χ0n) is 15.8. The van der Waals surface area contributed by atoms with E-state index in [1.165, 1.54) is 18.2 Å². The van der Waals surface area contributed by atoms with Gasteiger partial charge in [-0.15, -0.1) is 0 Å². The Morgan fingerprint density at radius 3 is 2.55 bits per heavy atom. The lowest BCUT2D eigenvalue weighted by molar-refractivity contribution is 0.566. The molecule has 9 heteroatoms. The number of aliphatic imine (C=N–C) groups is 1. The van der Waals surface area contributed by atoms with Gasteiger partial charge in [-0.1, -0.05) is 30.3 Å². The highest BCUT2D eigenvalue weighted by Crippen LogP contribution is 2.18. The summed E-state index contributed by atoms with van der Waals surface area (Å²) in [4.78, 5) is 8.15. The average molecular weight is 416 g/mol. The minimum atomic E-state index is -3.74. The second-order valence-corrected chi connectivity index (χ2v) is 8.19. The topological polar surface area (TPSA) is 96.6 Å². The average Bonchev–Trinajstić information content (AvgIpc) is 3.20. The molecule has 0 atom stereocenters. The van der Waals surface area contributed by atoms with Crippen LogP contribution < -0.4 is 10.6 Å². The molecule has 2 N–H and O–H groups in total. The first-order valence-corrected chi connectivity index (χ1v) is 10.6. The van der Waals surface area contributed by atoms with Gasteiger partial charge >= 0.3 is 0 Å². The summed E-state index contributed by atoms with van der Waals surface area (Å²) in [7, 11) is -2.17. The molecule has 0 aliphatic carbocycles. The summed E-state index contributed by atoms with van der Waals surface area (Å²) in [6.07, 6.45) is 1.55. The van der Waals surface area contributed by atoms with Crippen molar-refractivity contribution in [3.63, 3.8) is 0 Å². The van der Waals surface area contributed by atoms with E-state index in [0.717, 1.165) is 11.6 Å². The molecule has 2 aromatic carbocycles. The van der Waals surface area contributed by atoms with Crippen LogP contribution in [0.3, 0.4) is 0 Å². The molecule has 0 aliphatic heterocycles. The van der Waals surface area contributed by atoms with Crippen molar-refractivity contribution in [1.29, 1.82) is 0 Å². The molecule has 0 saturated heterocycles. The van der Waals surface area contributed by atoms with E-state index < -0.39 is 15.7 Å². The lowest BCUT2D eigenvalue weighted by atomic mass is 10.2. The van der Waals surface area contributed by atoms with Crippen LogP contribution in [0.1, 0.15) is 5.69 Å². The number of hydrogen-bond acceptors (Lipinski definition) is 5. The van der Waals surface area contributed by atoms with Crippen LogP contribution in [0.2, 0.25) is 0 Å². The quantitative estimate of drug-likeness (QED) is 0.454. The number of nitrogens with one attached hydrogen (secondary N) is 2. The van der Waals surface area contributed by atoms with Gasteiger partial charge in [-0.25, -0.2) is 17.8 Å². The molecule has 0 aliphatic rings. The molecule has 29 heavy (non-hydrogen) atoms. The van der Waals surface area contributed by atoms with Gasteiger partial charge in [-0.2, -0.15) is 0 Å². The van der Waals surface area contributed by atoms with Gasteiger partial charge in [-0.05, 0) is 24.3 Å². The molecular weight excluding hydrogens is 395 g/mol. The van der Waals surface area contributed by atoms with Gasteiger partial charge in [0.2, 0.25) is 5.89 Å². The molecule has 0 bridgehead atoms. The Morgan fingerprint density at radius 1 is 1.10 bits per heavy atom. The van der Waals surface area contributed by atoms with E-state index >= 15 is 0 Å². The van der Waals surface area contributed by atoms with Gasteiger partial charge in [0.05, 0.1) is 18.0 Å². The number of nitrogens with zero attached hydrogens (tertiary/aromatic N) is 2. The highest BCUT2D eigenvalue weighted by atomic mass is 32.2. The molecule has 152 valence electrons. The number of guanidine groups is 1. The normalized spacial score (nSPS) is 12.0. The monoisotopic (exact) mass is 416 g/mol. The Labute approximate surface area is 168 Å². The summed E-state index contributed by atoms with van der Waals surface area (Å²) < 4.78 is 43.7. The summed E-state index contributed by atoms with van der Waals surface area (Å²) in [5, 5.41) is 5.94. The van der Waals surface area contributed by atoms with Crippen molar-refractivity contribution in [2.45, 2.75) is 11.4 Å². The molecule has 1 aromatic heterocycles. The smallest absolute Gasteiger partial charge is 0.226 e. The van der Waals surface area contributed by atoms with Gasteiger partial charge in [0.1, 0.15) is 17.0 Å². The van der Waals surface area contributed by atoms with Crippen molar-refractivity contribution in [2.75, 3.05) is 19.3 Å². The largest absolute Gasteiger partial charge is 0.444 e. The van der Waals surface area contributed by atoms with Gasteiger partial charge in [0, 0.05) is 19.2 Å². The molecule has 0 spiro atoms. The molecule has 1 heterocycles. The number of halogens is 1. The Bertz CT molecular complexity index is 1080. The third kappa shape index (κ3) is 5.41. The Balaban J connectivity index is 1.52. The molecule has 0 amide bonds. The Kier molecular flexibility index (Phi) is 6.61. The van der Waals surface area contributed by atoms with Crippen molar-refractivity contribution >= 4 is 15.8 Å². The van der Waals surface area contributed by atoms with E-state index in [2.05, 4.69) is 20.6 Å². The fourth-order valence-corrected chi connectivity index (χ4v) is 3.85. The van der Waals surface area contributed by atoms with Gasteiger partial charge in [0.25, 0.3) is 0 Å². The molecule has 3 rings (SSSR count). The lowest BCUT2D eigenvalue weighted by Gasteiger charge is -2.11. The second-order valence-electron chi connectivity index (χ2n) is 6.11. The number of hydrogen-bond donors (Lipinski definition) is 2. The summed E-state index contributed by atoms with van der Waals surface area (Å²) >= 11 is 0. The van der Waals surface area contributed by atoms with Crippen molar-refractivity contribution < 1.29 is 17.2 Å². The second kappa shape index (κ2) is 9.33. The molecule has 0 fully saturated rings. The molecule has 7 nitrogen and oxygen atoms in total.